The first kappa shape index (κ1) is 57.9. The van der Waals surface area contributed by atoms with Gasteiger partial charge in [-0.25, -0.2) is 0 Å². The van der Waals surface area contributed by atoms with Crippen LogP contribution < -0.4 is 37.9 Å². The SMILES string of the molecule is COc1ccc2c(c1)OC(=O)C[C@@H]2c1ccc(OC)c(O)c1.COc1ccc2c(c1)OC(=O)C[C@H]2c1ccc(OC)c(O)c1.O=C1C[C@@H](c2ccc(O)c(O)c2)c2ccc(O)cc2O1.O=C1C[C@H](c2ccc(O)c(O)c2)c2ccc(O)cc2O1. The third-order valence-electron chi connectivity index (χ3n) is 14.3. The minimum absolute atomic E-state index is 0.0192. The van der Waals surface area contributed by atoms with Gasteiger partial charge in [0.25, 0.3) is 0 Å². The number of phenolic OH excluding ortho intramolecular Hbond substituents is 8. The quantitative estimate of drug-likeness (QED) is 0.0398. The third kappa shape index (κ3) is 12.9. The van der Waals surface area contributed by atoms with Crippen molar-refractivity contribution in [2.45, 2.75) is 49.4 Å². The fraction of sp³-hybridized carbons (Fsp3) is 0.188. The van der Waals surface area contributed by atoms with Crippen LogP contribution in [-0.2, 0) is 19.2 Å². The van der Waals surface area contributed by atoms with E-state index in [1.165, 1.54) is 62.8 Å². The summed E-state index contributed by atoms with van der Waals surface area (Å²) in [5, 5.41) is 76.7. The van der Waals surface area contributed by atoms with E-state index in [2.05, 4.69) is 0 Å². The molecule has 4 aliphatic heterocycles. The molecule has 84 heavy (non-hydrogen) atoms. The number of fused-ring (bicyclic) bond motifs is 4. The molecule has 0 spiro atoms. The van der Waals surface area contributed by atoms with Crippen molar-refractivity contribution < 1.29 is 97.9 Å². The summed E-state index contributed by atoms with van der Waals surface area (Å²) in [5.41, 5.74) is 6.37. The van der Waals surface area contributed by atoms with Crippen LogP contribution in [0.3, 0.4) is 0 Å². The zero-order chi connectivity index (χ0) is 59.9. The fourth-order valence-electron chi connectivity index (χ4n) is 10.1. The van der Waals surface area contributed by atoms with Crippen molar-refractivity contribution >= 4 is 23.9 Å². The van der Waals surface area contributed by atoms with Crippen molar-refractivity contribution in [3.63, 3.8) is 0 Å². The van der Waals surface area contributed by atoms with E-state index in [1.54, 1.807) is 74.9 Å². The molecule has 0 amide bonds. The second-order valence-electron chi connectivity index (χ2n) is 19.5. The Labute approximate surface area is 480 Å². The number of esters is 4. The Bertz CT molecular complexity index is 3570. The molecule has 20 heteroatoms. The standard InChI is InChI=1S/2C17H16O5.2C15H12O5/c2*1-20-11-4-5-12-13(9-17(19)22-16(12)8-11)10-3-6-15(21-2)14(18)7-10;2*16-9-2-3-10-11(7-15(19)20-14(10)6-9)8-1-4-12(17)13(18)5-8/h2*3-8,13,18H,9H2,1-2H3;2*1-6,11,16-18H,7H2/t2*13-;2*11-/m1010/s1. The van der Waals surface area contributed by atoms with Gasteiger partial charge in [-0.3, -0.25) is 19.2 Å². The van der Waals surface area contributed by atoms with Crippen LogP contribution in [0.1, 0.15) is 93.9 Å². The summed E-state index contributed by atoms with van der Waals surface area (Å²) in [6.45, 7) is 0. The second kappa shape index (κ2) is 24.9. The number of ether oxygens (including phenoxy) is 8. The normalized spacial score (nSPS) is 17.0. The molecular formula is C64H56O20. The predicted octanol–water partition coefficient (Wildman–Crippen LogP) is 10.2. The first-order valence-electron chi connectivity index (χ1n) is 25.9. The highest BCUT2D eigenvalue weighted by atomic mass is 16.6. The van der Waals surface area contributed by atoms with E-state index in [0.29, 0.717) is 57.1 Å². The molecule has 0 saturated heterocycles. The van der Waals surface area contributed by atoms with Crippen molar-refractivity contribution in [1.82, 2.24) is 0 Å². The number of carbonyl (C=O) groups excluding carboxylic acids is 4. The highest BCUT2D eigenvalue weighted by molar-refractivity contribution is 5.80. The van der Waals surface area contributed by atoms with Gasteiger partial charge in [0.05, 0.1) is 54.1 Å². The molecule has 8 N–H and O–H groups in total. The molecule has 4 heterocycles. The first-order chi connectivity index (χ1) is 40.3. The summed E-state index contributed by atoms with van der Waals surface area (Å²) in [6.07, 6.45) is 0.736. The molecule has 0 unspecified atom stereocenters. The number of carbonyl (C=O) groups is 4. The lowest BCUT2D eigenvalue weighted by Crippen LogP contribution is -2.21. The first-order valence-corrected chi connectivity index (χ1v) is 25.9. The van der Waals surface area contributed by atoms with Crippen LogP contribution in [0.4, 0.5) is 0 Å². The van der Waals surface area contributed by atoms with Crippen LogP contribution >= 0.6 is 0 Å². The topological polar surface area (TPSA) is 304 Å². The molecular weight excluding hydrogens is 1090 g/mol. The molecule has 0 fully saturated rings. The van der Waals surface area contributed by atoms with E-state index >= 15 is 0 Å². The van der Waals surface area contributed by atoms with E-state index in [0.717, 1.165) is 33.4 Å². The third-order valence-corrected chi connectivity index (χ3v) is 14.3. The second-order valence-corrected chi connectivity index (χ2v) is 19.5. The molecule has 0 radical (unpaired) electrons. The van der Waals surface area contributed by atoms with Crippen LogP contribution in [0.25, 0.3) is 0 Å². The number of hydrogen-bond donors (Lipinski definition) is 8. The summed E-state index contributed by atoms with van der Waals surface area (Å²) in [4.78, 5) is 47.0. The fourth-order valence-corrected chi connectivity index (χ4v) is 10.1. The van der Waals surface area contributed by atoms with Crippen molar-refractivity contribution in [2.24, 2.45) is 0 Å². The molecule has 8 aromatic carbocycles. The van der Waals surface area contributed by atoms with Gasteiger partial charge < -0.3 is 78.7 Å². The molecule has 20 nitrogen and oxygen atoms in total. The van der Waals surface area contributed by atoms with Crippen molar-refractivity contribution in [1.29, 1.82) is 0 Å². The number of phenols is 8. The van der Waals surface area contributed by atoms with Gasteiger partial charge in [-0.1, -0.05) is 48.5 Å². The van der Waals surface area contributed by atoms with E-state index in [4.69, 9.17) is 37.9 Å². The summed E-state index contributed by atoms with van der Waals surface area (Å²) < 4.78 is 41.2. The average molecular weight is 1150 g/mol. The van der Waals surface area contributed by atoms with E-state index < -0.39 is 11.9 Å². The maximum Gasteiger partial charge on any atom is 0.312 e. The smallest absolute Gasteiger partial charge is 0.312 e. The Morgan fingerprint density at radius 2 is 0.595 bits per heavy atom. The minimum Gasteiger partial charge on any atom is -0.508 e. The Hall–Kier alpha value is -10.8. The van der Waals surface area contributed by atoms with Crippen molar-refractivity contribution in [3.8, 4) is 92.0 Å². The molecule has 4 atom stereocenters. The van der Waals surface area contributed by atoms with Crippen LogP contribution in [0.15, 0.2) is 146 Å². The minimum atomic E-state index is -0.402. The monoisotopic (exact) mass is 1140 g/mol. The highest BCUT2D eigenvalue weighted by Gasteiger charge is 2.33. The molecule has 12 rings (SSSR count). The van der Waals surface area contributed by atoms with Crippen LogP contribution in [0, 0.1) is 0 Å². The lowest BCUT2D eigenvalue weighted by molar-refractivity contribution is -0.136. The molecule has 0 aliphatic carbocycles. The summed E-state index contributed by atoms with van der Waals surface area (Å²) in [6, 6.07) is 39.2. The van der Waals surface area contributed by atoms with Crippen LogP contribution in [-0.4, -0.2) is 93.2 Å². The Morgan fingerprint density at radius 3 is 0.881 bits per heavy atom. The van der Waals surface area contributed by atoms with Gasteiger partial charge in [0, 0.05) is 70.2 Å². The Morgan fingerprint density at radius 1 is 0.310 bits per heavy atom. The average Bonchev–Trinajstić information content (AvgIpc) is 2.90. The Balaban J connectivity index is 0.000000134. The highest BCUT2D eigenvalue weighted by Crippen LogP contribution is 2.46. The maximum atomic E-state index is 11.9. The molecule has 8 aromatic rings. The Kier molecular flexibility index (Phi) is 17.2. The van der Waals surface area contributed by atoms with Gasteiger partial charge in [0.15, 0.2) is 46.0 Å². The van der Waals surface area contributed by atoms with Gasteiger partial charge in [-0.2, -0.15) is 0 Å². The van der Waals surface area contributed by atoms with E-state index in [9.17, 15) is 60.0 Å². The molecule has 4 aliphatic rings. The summed E-state index contributed by atoms with van der Waals surface area (Å²) in [5.74, 6) is 0.630. The van der Waals surface area contributed by atoms with Crippen LogP contribution in [0.2, 0.25) is 0 Å². The van der Waals surface area contributed by atoms with E-state index in [1.807, 2.05) is 36.4 Å². The molecule has 432 valence electrons. The van der Waals surface area contributed by atoms with E-state index in [-0.39, 0.29) is 107 Å². The van der Waals surface area contributed by atoms with Gasteiger partial charge in [-0.15, -0.1) is 0 Å². The zero-order valence-electron chi connectivity index (χ0n) is 45.5. The number of aromatic hydroxyl groups is 8. The van der Waals surface area contributed by atoms with Gasteiger partial charge in [0.2, 0.25) is 0 Å². The molecule has 0 bridgehead atoms. The van der Waals surface area contributed by atoms with Crippen molar-refractivity contribution in [3.05, 3.63) is 190 Å². The summed E-state index contributed by atoms with van der Waals surface area (Å²) in [7, 11) is 6.11. The molecule has 0 aromatic heterocycles. The lowest BCUT2D eigenvalue weighted by atomic mass is 9.86. The van der Waals surface area contributed by atoms with Gasteiger partial charge >= 0.3 is 23.9 Å². The molecule has 0 saturated carbocycles. The zero-order valence-corrected chi connectivity index (χ0v) is 45.5. The van der Waals surface area contributed by atoms with Gasteiger partial charge in [0.1, 0.15) is 46.0 Å². The maximum absolute atomic E-state index is 11.9. The number of hydrogen-bond acceptors (Lipinski definition) is 20. The lowest BCUT2D eigenvalue weighted by Gasteiger charge is -2.25. The number of benzene rings is 8. The summed E-state index contributed by atoms with van der Waals surface area (Å²) >= 11 is 0. The largest absolute Gasteiger partial charge is 0.508 e. The van der Waals surface area contributed by atoms with Crippen molar-refractivity contribution in [2.75, 3.05) is 28.4 Å². The predicted molar refractivity (Wildman–Crippen MR) is 299 cm³/mol. The van der Waals surface area contributed by atoms with Crippen LogP contribution in [0.5, 0.6) is 92.0 Å². The number of rotatable bonds is 8. The number of methoxy groups -OCH3 is 4. The van der Waals surface area contributed by atoms with Gasteiger partial charge in [-0.05, 0) is 95.1 Å².